The molecule has 9 heteroatoms. The molecular formula is C12H17N3O5S. The molecule has 2 amide bonds. The summed E-state index contributed by atoms with van der Waals surface area (Å²) in [6.45, 7) is 1.84. The summed E-state index contributed by atoms with van der Waals surface area (Å²) in [5, 5.41) is 13.9. The number of aryl methyl sites for hydroxylation is 1. The number of aromatic carboxylic acids is 1. The van der Waals surface area contributed by atoms with Crippen molar-refractivity contribution in [2.45, 2.75) is 6.92 Å². The Bertz CT molecular complexity index is 642. The van der Waals surface area contributed by atoms with Crippen LogP contribution in [0.5, 0.6) is 0 Å². The molecule has 1 aromatic rings. The van der Waals surface area contributed by atoms with E-state index < -0.39 is 22.0 Å². The van der Waals surface area contributed by atoms with E-state index in [0.717, 1.165) is 6.26 Å². The van der Waals surface area contributed by atoms with E-state index in [1.807, 2.05) is 0 Å². The Morgan fingerprint density at radius 1 is 1.24 bits per heavy atom. The highest BCUT2D eigenvalue weighted by molar-refractivity contribution is 7.88. The quantitative estimate of drug-likeness (QED) is 0.564. The van der Waals surface area contributed by atoms with Gasteiger partial charge in [0.1, 0.15) is 0 Å². The Labute approximate surface area is 122 Å². The van der Waals surface area contributed by atoms with Crippen molar-refractivity contribution in [1.29, 1.82) is 0 Å². The maximum absolute atomic E-state index is 11.6. The molecule has 0 atom stereocenters. The van der Waals surface area contributed by atoms with E-state index in [1.165, 1.54) is 18.2 Å². The lowest BCUT2D eigenvalue weighted by Crippen LogP contribution is -2.36. The van der Waals surface area contributed by atoms with Gasteiger partial charge in [-0.3, -0.25) is 0 Å². The minimum absolute atomic E-state index is 0.0865. The first-order chi connectivity index (χ1) is 9.69. The molecule has 0 spiro atoms. The molecule has 21 heavy (non-hydrogen) atoms. The molecule has 0 aliphatic rings. The van der Waals surface area contributed by atoms with E-state index in [4.69, 9.17) is 5.11 Å². The van der Waals surface area contributed by atoms with E-state index in [-0.39, 0.29) is 18.7 Å². The van der Waals surface area contributed by atoms with E-state index >= 15 is 0 Å². The maximum Gasteiger partial charge on any atom is 0.335 e. The second-order valence-electron chi connectivity index (χ2n) is 4.38. The van der Waals surface area contributed by atoms with Crippen LogP contribution < -0.4 is 15.4 Å². The average Bonchev–Trinajstić information content (AvgIpc) is 2.33. The first kappa shape index (κ1) is 16.9. The number of carboxylic acids is 1. The van der Waals surface area contributed by atoms with Gasteiger partial charge in [0.15, 0.2) is 0 Å². The van der Waals surface area contributed by atoms with E-state index in [9.17, 15) is 18.0 Å². The highest BCUT2D eigenvalue weighted by Gasteiger charge is 2.08. The number of urea groups is 1. The molecule has 0 saturated heterocycles. The highest BCUT2D eigenvalue weighted by Crippen LogP contribution is 2.15. The minimum atomic E-state index is -3.28. The van der Waals surface area contributed by atoms with Crippen LogP contribution in [0.15, 0.2) is 18.2 Å². The largest absolute Gasteiger partial charge is 0.478 e. The second-order valence-corrected chi connectivity index (χ2v) is 6.22. The second kappa shape index (κ2) is 7.04. The summed E-state index contributed by atoms with van der Waals surface area (Å²) in [6, 6.07) is 3.91. The Morgan fingerprint density at radius 2 is 1.90 bits per heavy atom. The van der Waals surface area contributed by atoms with Crippen molar-refractivity contribution >= 4 is 27.7 Å². The fourth-order valence-electron chi connectivity index (χ4n) is 1.57. The smallest absolute Gasteiger partial charge is 0.335 e. The van der Waals surface area contributed by atoms with Crippen molar-refractivity contribution in [3.8, 4) is 0 Å². The topological polar surface area (TPSA) is 125 Å². The van der Waals surface area contributed by atoms with Crippen LogP contribution in [-0.2, 0) is 10.0 Å². The maximum atomic E-state index is 11.6. The molecule has 0 heterocycles. The molecule has 4 N–H and O–H groups in total. The van der Waals surface area contributed by atoms with Gasteiger partial charge in [0.05, 0.1) is 11.8 Å². The number of anilines is 1. The normalized spacial score (nSPS) is 11.0. The number of carbonyl (C=O) groups is 2. The van der Waals surface area contributed by atoms with Crippen molar-refractivity contribution in [3.05, 3.63) is 29.3 Å². The molecule has 0 aliphatic carbocycles. The molecule has 0 saturated carbocycles. The lowest BCUT2D eigenvalue weighted by molar-refractivity contribution is 0.0696. The summed E-state index contributed by atoms with van der Waals surface area (Å²) >= 11 is 0. The summed E-state index contributed by atoms with van der Waals surface area (Å²) in [6.07, 6.45) is 1.03. The highest BCUT2D eigenvalue weighted by atomic mass is 32.2. The fourth-order valence-corrected chi connectivity index (χ4v) is 2.04. The van der Waals surface area contributed by atoms with Crippen LogP contribution in [0.4, 0.5) is 10.5 Å². The van der Waals surface area contributed by atoms with Gasteiger partial charge >= 0.3 is 12.0 Å². The van der Waals surface area contributed by atoms with Gasteiger partial charge < -0.3 is 15.7 Å². The number of carboxylic acid groups (broad SMARTS) is 1. The van der Waals surface area contributed by atoms with Gasteiger partial charge in [-0.15, -0.1) is 0 Å². The number of rotatable bonds is 6. The van der Waals surface area contributed by atoms with Crippen LogP contribution in [0.1, 0.15) is 15.9 Å². The first-order valence-electron chi connectivity index (χ1n) is 6.02. The monoisotopic (exact) mass is 315 g/mol. The third-order valence-corrected chi connectivity index (χ3v) is 3.22. The first-order valence-corrected chi connectivity index (χ1v) is 7.91. The van der Waals surface area contributed by atoms with Crippen LogP contribution >= 0.6 is 0 Å². The standard InChI is InChI=1S/C12H17N3O5S/c1-8-7-9(3-4-10(8)11(16)17)15-12(18)13-5-6-14-21(2,19)20/h3-4,7,14H,5-6H2,1-2H3,(H,16,17)(H2,13,15,18). The molecule has 1 aromatic carbocycles. The van der Waals surface area contributed by atoms with Crippen LogP contribution in [0.2, 0.25) is 0 Å². The summed E-state index contributed by atoms with van der Waals surface area (Å²) in [7, 11) is -3.28. The Kier molecular flexibility index (Phi) is 5.68. The van der Waals surface area contributed by atoms with Gasteiger partial charge in [0.2, 0.25) is 10.0 Å². The predicted molar refractivity (Wildman–Crippen MR) is 78.0 cm³/mol. The fraction of sp³-hybridized carbons (Fsp3) is 0.333. The number of sulfonamides is 1. The number of carbonyl (C=O) groups excluding carboxylic acids is 1. The predicted octanol–water partition coefficient (Wildman–Crippen LogP) is 0.364. The van der Waals surface area contributed by atoms with Crippen molar-refractivity contribution in [2.24, 2.45) is 0 Å². The molecule has 0 radical (unpaired) electrons. The van der Waals surface area contributed by atoms with Gasteiger partial charge in [-0.25, -0.2) is 22.7 Å². The molecule has 0 bridgehead atoms. The molecule has 0 aromatic heterocycles. The Balaban J connectivity index is 2.48. The van der Waals surface area contributed by atoms with Crippen LogP contribution in [0.25, 0.3) is 0 Å². The van der Waals surface area contributed by atoms with Gasteiger partial charge in [-0.1, -0.05) is 0 Å². The Morgan fingerprint density at radius 3 is 2.43 bits per heavy atom. The molecular weight excluding hydrogens is 298 g/mol. The summed E-state index contributed by atoms with van der Waals surface area (Å²) in [5.74, 6) is -1.03. The molecule has 0 unspecified atom stereocenters. The molecule has 1 rings (SSSR count). The van der Waals surface area contributed by atoms with Gasteiger partial charge in [0.25, 0.3) is 0 Å². The molecule has 0 aliphatic heterocycles. The van der Waals surface area contributed by atoms with Crippen molar-refractivity contribution < 1.29 is 23.1 Å². The van der Waals surface area contributed by atoms with Crippen LogP contribution in [0, 0.1) is 6.92 Å². The minimum Gasteiger partial charge on any atom is -0.478 e. The van der Waals surface area contributed by atoms with Gasteiger partial charge in [-0.05, 0) is 30.7 Å². The molecule has 0 fully saturated rings. The number of nitrogens with one attached hydrogen (secondary N) is 3. The zero-order chi connectivity index (χ0) is 16.0. The van der Waals surface area contributed by atoms with E-state index in [1.54, 1.807) is 6.92 Å². The number of hydrogen-bond acceptors (Lipinski definition) is 4. The zero-order valence-corrected chi connectivity index (χ0v) is 12.5. The number of benzene rings is 1. The van der Waals surface area contributed by atoms with E-state index in [0.29, 0.717) is 11.3 Å². The lowest BCUT2D eigenvalue weighted by atomic mass is 10.1. The van der Waals surface area contributed by atoms with Crippen molar-refractivity contribution in [3.63, 3.8) is 0 Å². The molecule has 116 valence electrons. The SMILES string of the molecule is Cc1cc(NC(=O)NCCNS(C)(=O)=O)ccc1C(=O)O. The number of hydrogen-bond donors (Lipinski definition) is 4. The van der Waals surface area contributed by atoms with E-state index in [2.05, 4.69) is 15.4 Å². The molecule has 8 nitrogen and oxygen atoms in total. The van der Waals surface area contributed by atoms with Crippen molar-refractivity contribution in [2.75, 3.05) is 24.7 Å². The lowest BCUT2D eigenvalue weighted by Gasteiger charge is -2.09. The number of amides is 2. The van der Waals surface area contributed by atoms with Gasteiger partial charge in [0, 0.05) is 18.8 Å². The van der Waals surface area contributed by atoms with Gasteiger partial charge in [-0.2, -0.15) is 0 Å². The third kappa shape index (κ3) is 6.23. The van der Waals surface area contributed by atoms with Crippen LogP contribution in [-0.4, -0.2) is 44.9 Å². The summed E-state index contributed by atoms with van der Waals surface area (Å²) < 4.78 is 23.8. The average molecular weight is 315 g/mol. The summed E-state index contributed by atoms with van der Waals surface area (Å²) in [4.78, 5) is 22.4. The zero-order valence-electron chi connectivity index (χ0n) is 11.6. The van der Waals surface area contributed by atoms with Crippen molar-refractivity contribution in [1.82, 2.24) is 10.0 Å². The third-order valence-electron chi connectivity index (χ3n) is 2.49. The summed E-state index contributed by atoms with van der Waals surface area (Å²) in [5.41, 5.74) is 1.14. The Hall–Kier alpha value is -2.13. The van der Waals surface area contributed by atoms with Crippen LogP contribution in [0.3, 0.4) is 0 Å².